The van der Waals surface area contributed by atoms with Crippen molar-refractivity contribution in [1.82, 2.24) is 20.8 Å². The number of nitrogens with zero attached hydrogens (tertiary/aromatic N) is 6. The van der Waals surface area contributed by atoms with Crippen molar-refractivity contribution in [2.45, 2.75) is 0 Å². The highest BCUT2D eigenvalue weighted by Crippen LogP contribution is 2.03. The molecule has 0 saturated heterocycles. The molecule has 0 aromatic heterocycles. The van der Waals surface area contributed by atoms with E-state index >= 15 is 0 Å². The normalized spacial score (nSPS) is 24.3. The van der Waals surface area contributed by atoms with Crippen LogP contribution in [0.3, 0.4) is 0 Å². The summed E-state index contributed by atoms with van der Waals surface area (Å²) >= 11 is 0. The number of amidine groups is 4. The molecule has 12 nitrogen and oxygen atoms in total. The van der Waals surface area contributed by atoms with Crippen LogP contribution in [0.1, 0.15) is 0 Å². The second-order valence-electron chi connectivity index (χ2n) is 4.79. The van der Waals surface area contributed by atoms with Gasteiger partial charge in [-0.1, -0.05) is 10.3 Å². The first-order valence-corrected chi connectivity index (χ1v) is 6.50. The van der Waals surface area contributed by atoms with E-state index in [1.165, 1.54) is 0 Å². The van der Waals surface area contributed by atoms with E-state index in [1.807, 2.05) is 20.8 Å². The fraction of sp³-hybridized carbons (Fsp3) is 0.600. The number of hydroxylamine groups is 2. The van der Waals surface area contributed by atoms with Gasteiger partial charge in [-0.3, -0.25) is 31.2 Å². The lowest BCUT2D eigenvalue weighted by molar-refractivity contribution is 0.207. The Kier molecular flexibility index (Phi) is 5.60. The summed E-state index contributed by atoms with van der Waals surface area (Å²) in [7, 11) is 0. The second-order valence-corrected chi connectivity index (χ2v) is 4.79. The third kappa shape index (κ3) is 4.11. The highest BCUT2D eigenvalue weighted by atomic mass is 16.5. The highest BCUT2D eigenvalue weighted by Gasteiger charge is 2.22. The lowest BCUT2D eigenvalue weighted by Gasteiger charge is -2.30. The molecule has 2 rings (SSSR count). The Morgan fingerprint density at radius 3 is 1.55 bits per heavy atom. The molecule has 6 N–H and O–H groups in total. The predicted octanol–water partition coefficient (Wildman–Crippen LogP) is -2.05. The number of oxime groups is 2. The zero-order valence-corrected chi connectivity index (χ0v) is 11.7. The van der Waals surface area contributed by atoms with Crippen LogP contribution in [-0.2, 0) is 0 Å². The Balaban J connectivity index is 1.91. The topological polar surface area (TPSA) is 161 Å². The molecule has 0 atom stereocenters. The molecule has 0 saturated carbocycles. The Morgan fingerprint density at radius 1 is 0.818 bits per heavy atom. The molecule has 22 heavy (non-hydrogen) atoms. The monoisotopic (exact) mass is 314 g/mol. The minimum absolute atomic E-state index is 0.193. The van der Waals surface area contributed by atoms with Crippen molar-refractivity contribution < 1.29 is 20.8 Å². The fourth-order valence-corrected chi connectivity index (χ4v) is 2.22. The van der Waals surface area contributed by atoms with Gasteiger partial charge in [0.25, 0.3) is 0 Å². The van der Waals surface area contributed by atoms with Crippen molar-refractivity contribution >= 4 is 23.3 Å². The average Bonchev–Trinajstić information content (AvgIpc) is 2.59. The summed E-state index contributed by atoms with van der Waals surface area (Å²) in [5, 5.41) is 41.6. The van der Waals surface area contributed by atoms with E-state index in [0.29, 0.717) is 39.3 Å². The van der Waals surface area contributed by atoms with Crippen molar-refractivity contribution in [2.75, 3.05) is 39.3 Å². The summed E-state index contributed by atoms with van der Waals surface area (Å²) in [6.45, 7) is 2.60. The average molecular weight is 314 g/mol. The van der Waals surface area contributed by atoms with Gasteiger partial charge in [0.15, 0.2) is 11.7 Å². The number of rotatable bonds is 3. The van der Waals surface area contributed by atoms with Crippen molar-refractivity contribution in [3.05, 3.63) is 0 Å². The van der Waals surface area contributed by atoms with Crippen molar-refractivity contribution in [2.24, 2.45) is 20.3 Å². The van der Waals surface area contributed by atoms with E-state index in [9.17, 15) is 0 Å². The van der Waals surface area contributed by atoms with Crippen molar-refractivity contribution in [1.29, 1.82) is 0 Å². The molecule has 0 unspecified atom stereocenters. The summed E-state index contributed by atoms with van der Waals surface area (Å²) < 4.78 is 0. The molecule has 0 aliphatic carbocycles. The lowest BCUT2D eigenvalue weighted by atomic mass is 10.3. The summed E-state index contributed by atoms with van der Waals surface area (Å²) in [5.74, 6) is 0.959. The maximum Gasteiger partial charge on any atom is 0.183 e. The second kappa shape index (κ2) is 7.65. The smallest absolute Gasteiger partial charge is 0.183 e. The van der Waals surface area contributed by atoms with E-state index in [0.717, 1.165) is 0 Å². The number of aliphatic imine (C=N–C) groups is 2. The maximum absolute atomic E-state index is 8.92. The highest BCUT2D eigenvalue weighted by molar-refractivity contribution is 6.01. The standard InChI is InChI=1S/C10H18N8O4/c19-13-7-3-17(4-8(11-7)14-20)1-2-18-5-9(15-21)12-10(6-18)16-22/h19-22H,1-6H2,(H,11,13,14)(H,12,15,16). The van der Waals surface area contributed by atoms with E-state index in [1.54, 1.807) is 0 Å². The molecular weight excluding hydrogens is 296 g/mol. The van der Waals surface area contributed by atoms with E-state index in [4.69, 9.17) is 20.8 Å². The molecule has 2 heterocycles. The van der Waals surface area contributed by atoms with Crippen LogP contribution in [0.25, 0.3) is 0 Å². The van der Waals surface area contributed by atoms with Crippen LogP contribution in [0.2, 0.25) is 0 Å². The maximum atomic E-state index is 8.92. The van der Waals surface area contributed by atoms with Gasteiger partial charge in [0.2, 0.25) is 0 Å². The van der Waals surface area contributed by atoms with Crippen LogP contribution >= 0.6 is 0 Å². The molecule has 0 aromatic rings. The molecule has 0 fully saturated rings. The Hall–Kier alpha value is -2.28. The zero-order valence-electron chi connectivity index (χ0n) is 11.7. The van der Waals surface area contributed by atoms with Crippen LogP contribution in [-0.4, -0.2) is 93.2 Å². The molecule has 2 aliphatic heterocycles. The van der Waals surface area contributed by atoms with Gasteiger partial charge < -0.3 is 10.4 Å². The summed E-state index contributed by atoms with van der Waals surface area (Å²) in [5.41, 5.74) is 3.91. The predicted molar refractivity (Wildman–Crippen MR) is 76.0 cm³/mol. The fourth-order valence-electron chi connectivity index (χ4n) is 2.22. The minimum Gasteiger partial charge on any atom is -0.409 e. The van der Waals surface area contributed by atoms with Crippen LogP contribution in [0.4, 0.5) is 0 Å². The SMILES string of the molecule is O/N=C1/CN(CCN2CC(NO)=N/C(=N\O)C2)CC(NO)=N1. The van der Waals surface area contributed by atoms with Crippen molar-refractivity contribution in [3.63, 3.8) is 0 Å². The Bertz CT molecular complexity index is 471. The molecule has 0 bridgehead atoms. The summed E-state index contributed by atoms with van der Waals surface area (Å²) in [6, 6.07) is 0. The van der Waals surface area contributed by atoms with Gasteiger partial charge in [-0.15, -0.1) is 0 Å². The Morgan fingerprint density at radius 2 is 1.23 bits per heavy atom. The van der Waals surface area contributed by atoms with Crippen molar-refractivity contribution in [3.8, 4) is 0 Å². The van der Waals surface area contributed by atoms with Crippen LogP contribution < -0.4 is 11.0 Å². The van der Waals surface area contributed by atoms with Crippen LogP contribution in [0.5, 0.6) is 0 Å². The molecule has 0 aromatic carbocycles. The van der Waals surface area contributed by atoms with E-state index < -0.39 is 0 Å². The molecule has 0 spiro atoms. The van der Waals surface area contributed by atoms with Gasteiger partial charge >= 0.3 is 0 Å². The molecule has 122 valence electrons. The first kappa shape index (κ1) is 16.1. The van der Waals surface area contributed by atoms with Gasteiger partial charge in [0, 0.05) is 13.1 Å². The van der Waals surface area contributed by atoms with Gasteiger partial charge in [-0.2, -0.15) is 0 Å². The molecule has 0 amide bonds. The number of hydrogen-bond acceptors (Lipinski definition) is 10. The molecule has 0 radical (unpaired) electrons. The van der Waals surface area contributed by atoms with Crippen LogP contribution in [0.15, 0.2) is 20.3 Å². The number of nitrogens with one attached hydrogen (secondary N) is 2. The van der Waals surface area contributed by atoms with Gasteiger partial charge in [0.1, 0.15) is 11.7 Å². The summed E-state index contributed by atoms with van der Waals surface area (Å²) in [6.07, 6.45) is 0. The first-order valence-electron chi connectivity index (χ1n) is 6.50. The van der Waals surface area contributed by atoms with Crippen LogP contribution in [0, 0.1) is 0 Å². The first-order chi connectivity index (χ1) is 10.7. The van der Waals surface area contributed by atoms with E-state index in [-0.39, 0.29) is 23.3 Å². The largest absolute Gasteiger partial charge is 0.409 e. The van der Waals surface area contributed by atoms with Gasteiger partial charge in [0.05, 0.1) is 26.2 Å². The third-order valence-corrected chi connectivity index (χ3v) is 3.23. The number of hydrogen-bond donors (Lipinski definition) is 6. The molecular formula is C10H18N8O4. The quantitative estimate of drug-likeness (QED) is 0.256. The van der Waals surface area contributed by atoms with E-state index in [2.05, 4.69) is 20.3 Å². The lowest BCUT2D eigenvalue weighted by Crippen LogP contribution is -2.49. The summed E-state index contributed by atoms with van der Waals surface area (Å²) in [4.78, 5) is 11.6. The molecule has 2 aliphatic rings. The minimum atomic E-state index is 0.193. The zero-order chi connectivity index (χ0) is 15.9. The Labute approximate surface area is 125 Å². The van der Waals surface area contributed by atoms with Gasteiger partial charge in [-0.25, -0.2) is 9.98 Å². The third-order valence-electron chi connectivity index (χ3n) is 3.23. The van der Waals surface area contributed by atoms with Gasteiger partial charge in [-0.05, 0) is 0 Å². The molecule has 12 heteroatoms.